The van der Waals surface area contributed by atoms with E-state index in [-0.39, 0.29) is 0 Å². The monoisotopic (exact) mass is 211 g/mol. The lowest BCUT2D eigenvalue weighted by Gasteiger charge is -1.98. The Balaban J connectivity index is 1.97. The number of aromatic nitrogens is 5. The Kier molecular flexibility index (Phi) is 2.00. The number of hydrogen-bond acceptors (Lipinski definition) is 3. The highest BCUT2D eigenvalue weighted by molar-refractivity contribution is 5.64. The van der Waals surface area contributed by atoms with Crippen LogP contribution in [0.1, 0.15) is 0 Å². The Labute approximate surface area is 91.6 Å². The maximum absolute atomic E-state index is 4.38. The highest BCUT2D eigenvalue weighted by atomic mass is 15.1. The molecule has 0 aliphatic carbocycles. The molecule has 0 amide bonds. The smallest absolute Gasteiger partial charge is 0.0733 e. The number of nitrogens with one attached hydrogen (secondary N) is 2. The standard InChI is InChI=1S/C11H9N5/c1-2-11(10-6-15-16-7-10)12-3-8(1)9-4-13-14-5-9/h1-7H,(H,13,14)(H,15,16). The first kappa shape index (κ1) is 8.84. The second-order valence-electron chi connectivity index (χ2n) is 3.41. The Morgan fingerprint density at radius 1 is 0.750 bits per heavy atom. The summed E-state index contributed by atoms with van der Waals surface area (Å²) in [4.78, 5) is 4.38. The van der Waals surface area contributed by atoms with Crippen LogP contribution >= 0.6 is 0 Å². The third kappa shape index (κ3) is 1.48. The summed E-state index contributed by atoms with van der Waals surface area (Å²) in [5.74, 6) is 0. The molecule has 0 aliphatic heterocycles. The number of rotatable bonds is 2. The molecular formula is C11H9N5. The van der Waals surface area contributed by atoms with Crippen molar-refractivity contribution >= 4 is 0 Å². The minimum atomic E-state index is 0.904. The summed E-state index contributed by atoms with van der Waals surface area (Å²) < 4.78 is 0. The van der Waals surface area contributed by atoms with Gasteiger partial charge < -0.3 is 0 Å². The normalized spacial score (nSPS) is 10.5. The number of nitrogens with zero attached hydrogens (tertiary/aromatic N) is 3. The van der Waals surface area contributed by atoms with Crippen molar-refractivity contribution in [3.8, 4) is 22.4 Å². The molecule has 5 nitrogen and oxygen atoms in total. The van der Waals surface area contributed by atoms with Crippen LogP contribution in [0.4, 0.5) is 0 Å². The van der Waals surface area contributed by atoms with Gasteiger partial charge in [0.1, 0.15) is 0 Å². The van der Waals surface area contributed by atoms with Gasteiger partial charge in [0, 0.05) is 35.3 Å². The van der Waals surface area contributed by atoms with Crippen LogP contribution in [0.5, 0.6) is 0 Å². The number of H-pyrrole nitrogens is 2. The lowest BCUT2D eigenvalue weighted by molar-refractivity contribution is 1.09. The van der Waals surface area contributed by atoms with Crippen LogP contribution in [-0.2, 0) is 0 Å². The molecule has 0 aliphatic rings. The van der Waals surface area contributed by atoms with E-state index in [1.165, 1.54) is 0 Å². The van der Waals surface area contributed by atoms with Crippen molar-refractivity contribution in [1.29, 1.82) is 0 Å². The lowest BCUT2D eigenvalue weighted by Crippen LogP contribution is -1.82. The average molecular weight is 211 g/mol. The first-order valence-corrected chi connectivity index (χ1v) is 4.88. The summed E-state index contributed by atoms with van der Waals surface area (Å²) in [5.41, 5.74) is 3.96. The van der Waals surface area contributed by atoms with E-state index < -0.39 is 0 Å². The van der Waals surface area contributed by atoms with Gasteiger partial charge >= 0.3 is 0 Å². The van der Waals surface area contributed by atoms with Crippen LogP contribution in [0.25, 0.3) is 22.4 Å². The Morgan fingerprint density at radius 3 is 2.06 bits per heavy atom. The van der Waals surface area contributed by atoms with Crippen LogP contribution in [0.2, 0.25) is 0 Å². The molecule has 5 heteroatoms. The summed E-state index contributed by atoms with van der Waals surface area (Å²) in [5, 5.41) is 13.3. The van der Waals surface area contributed by atoms with Crippen molar-refractivity contribution in [2.24, 2.45) is 0 Å². The fraction of sp³-hybridized carbons (Fsp3) is 0. The molecule has 0 spiro atoms. The lowest BCUT2D eigenvalue weighted by atomic mass is 10.1. The van der Waals surface area contributed by atoms with Gasteiger partial charge in [0.05, 0.1) is 18.1 Å². The molecule has 0 fully saturated rings. The zero-order valence-corrected chi connectivity index (χ0v) is 8.38. The van der Waals surface area contributed by atoms with Gasteiger partial charge in [-0.3, -0.25) is 15.2 Å². The van der Waals surface area contributed by atoms with E-state index in [0.717, 1.165) is 22.4 Å². The molecule has 0 saturated heterocycles. The second-order valence-corrected chi connectivity index (χ2v) is 3.41. The van der Waals surface area contributed by atoms with Gasteiger partial charge in [-0.25, -0.2) is 0 Å². The van der Waals surface area contributed by atoms with E-state index in [2.05, 4.69) is 25.4 Å². The molecule has 0 unspecified atom stereocenters. The number of hydrogen-bond donors (Lipinski definition) is 2. The molecule has 3 aromatic heterocycles. The minimum absolute atomic E-state index is 0.904. The van der Waals surface area contributed by atoms with Gasteiger partial charge in [-0.1, -0.05) is 6.07 Å². The topological polar surface area (TPSA) is 70.2 Å². The van der Waals surface area contributed by atoms with Gasteiger partial charge in [0.25, 0.3) is 0 Å². The number of pyridine rings is 1. The highest BCUT2D eigenvalue weighted by Crippen LogP contribution is 2.20. The van der Waals surface area contributed by atoms with E-state index >= 15 is 0 Å². The molecule has 2 N–H and O–H groups in total. The van der Waals surface area contributed by atoms with Crippen molar-refractivity contribution in [3.05, 3.63) is 43.1 Å². The van der Waals surface area contributed by atoms with Gasteiger partial charge in [0.15, 0.2) is 0 Å². The molecule has 0 aromatic carbocycles. The maximum Gasteiger partial charge on any atom is 0.0733 e. The molecule has 78 valence electrons. The van der Waals surface area contributed by atoms with Crippen molar-refractivity contribution in [3.63, 3.8) is 0 Å². The third-order valence-electron chi connectivity index (χ3n) is 2.39. The Hall–Kier alpha value is -2.43. The van der Waals surface area contributed by atoms with E-state index in [9.17, 15) is 0 Å². The van der Waals surface area contributed by atoms with Crippen LogP contribution in [-0.4, -0.2) is 25.4 Å². The van der Waals surface area contributed by atoms with Crippen LogP contribution in [0, 0.1) is 0 Å². The van der Waals surface area contributed by atoms with E-state index in [1.54, 1.807) is 12.4 Å². The van der Waals surface area contributed by atoms with E-state index in [1.807, 2.05) is 30.7 Å². The molecule has 0 saturated carbocycles. The summed E-state index contributed by atoms with van der Waals surface area (Å²) in [6.45, 7) is 0. The highest BCUT2D eigenvalue weighted by Gasteiger charge is 2.02. The largest absolute Gasteiger partial charge is 0.285 e. The molecular weight excluding hydrogens is 202 g/mol. The van der Waals surface area contributed by atoms with Crippen LogP contribution in [0.15, 0.2) is 43.1 Å². The molecule has 3 aromatic rings. The van der Waals surface area contributed by atoms with Gasteiger partial charge in [-0.2, -0.15) is 10.2 Å². The summed E-state index contributed by atoms with van der Waals surface area (Å²) >= 11 is 0. The molecule has 3 heterocycles. The van der Waals surface area contributed by atoms with E-state index in [4.69, 9.17) is 0 Å². The third-order valence-corrected chi connectivity index (χ3v) is 2.39. The summed E-state index contributed by atoms with van der Waals surface area (Å²) in [7, 11) is 0. The minimum Gasteiger partial charge on any atom is -0.285 e. The molecule has 0 radical (unpaired) electrons. The number of aromatic amines is 2. The zero-order chi connectivity index (χ0) is 10.8. The van der Waals surface area contributed by atoms with Crippen LogP contribution < -0.4 is 0 Å². The average Bonchev–Trinajstić information content (AvgIpc) is 3.03. The van der Waals surface area contributed by atoms with Crippen molar-refractivity contribution in [2.45, 2.75) is 0 Å². The van der Waals surface area contributed by atoms with E-state index in [0.29, 0.717) is 0 Å². The molecule has 3 rings (SSSR count). The van der Waals surface area contributed by atoms with Crippen molar-refractivity contribution in [1.82, 2.24) is 25.4 Å². The summed E-state index contributed by atoms with van der Waals surface area (Å²) in [6.07, 6.45) is 9.01. The van der Waals surface area contributed by atoms with Gasteiger partial charge in [0.2, 0.25) is 0 Å². The Bertz CT molecular complexity index is 498. The van der Waals surface area contributed by atoms with Gasteiger partial charge in [-0.05, 0) is 6.07 Å². The fourth-order valence-electron chi connectivity index (χ4n) is 1.54. The first-order chi connectivity index (χ1) is 7.93. The predicted molar refractivity (Wildman–Crippen MR) is 59.4 cm³/mol. The second kappa shape index (κ2) is 3.62. The SMILES string of the molecule is c1cc(-c2cn[nH]c2)ncc1-c1cn[nH]c1. The predicted octanol–water partition coefficient (Wildman–Crippen LogP) is 1.86. The zero-order valence-electron chi connectivity index (χ0n) is 8.38. The summed E-state index contributed by atoms with van der Waals surface area (Å²) in [6, 6.07) is 3.98. The maximum atomic E-state index is 4.38. The fourth-order valence-corrected chi connectivity index (χ4v) is 1.54. The van der Waals surface area contributed by atoms with Crippen molar-refractivity contribution in [2.75, 3.05) is 0 Å². The Morgan fingerprint density at radius 2 is 1.50 bits per heavy atom. The molecule has 0 bridgehead atoms. The van der Waals surface area contributed by atoms with Gasteiger partial charge in [-0.15, -0.1) is 0 Å². The molecule has 16 heavy (non-hydrogen) atoms. The van der Waals surface area contributed by atoms with Crippen molar-refractivity contribution < 1.29 is 0 Å². The van der Waals surface area contributed by atoms with Crippen LogP contribution in [0.3, 0.4) is 0 Å². The quantitative estimate of drug-likeness (QED) is 0.679. The first-order valence-electron chi connectivity index (χ1n) is 4.88. The molecule has 0 atom stereocenters.